The number of halogens is 4. The summed E-state index contributed by atoms with van der Waals surface area (Å²) in [6.45, 7) is 0. The molecule has 0 saturated heterocycles. The van der Waals surface area contributed by atoms with Gasteiger partial charge < -0.3 is 15.4 Å². The van der Waals surface area contributed by atoms with Crippen molar-refractivity contribution in [3.63, 3.8) is 0 Å². The van der Waals surface area contributed by atoms with Crippen molar-refractivity contribution in [3.8, 4) is 28.0 Å². The number of nitrogens with one attached hydrogen (secondary N) is 4. The molecule has 264 valence electrons. The number of non-ortho nitro benzene ring substituents is 1. The first kappa shape index (κ1) is 34.9. The molecule has 8 rings (SSSR count). The molecule has 0 unspecified atom stereocenters. The normalized spacial score (nSPS) is 10.9. The molecule has 0 fully saturated rings. The van der Waals surface area contributed by atoms with Gasteiger partial charge in [0, 0.05) is 51.5 Å². The summed E-state index contributed by atoms with van der Waals surface area (Å²) in [6, 6.07) is 35.7. The number of anilines is 4. The van der Waals surface area contributed by atoms with Crippen LogP contribution in [0.4, 0.5) is 37.5 Å². The predicted octanol–water partition coefficient (Wildman–Crippen LogP) is 11.4. The molecular formula is C39H27Cl2F2N7O3. The minimum atomic E-state index is -0.604. The molecule has 0 aliphatic heterocycles. The molecule has 0 aliphatic rings. The van der Waals surface area contributed by atoms with Crippen molar-refractivity contribution in [2.24, 2.45) is 0 Å². The molecule has 0 radical (unpaired) electrons. The van der Waals surface area contributed by atoms with E-state index in [0.29, 0.717) is 45.0 Å². The number of nitro benzene ring substituents is 1. The first-order chi connectivity index (χ1) is 25.7. The maximum absolute atomic E-state index is 14.8. The van der Waals surface area contributed by atoms with Crippen molar-refractivity contribution < 1.29 is 18.4 Å². The van der Waals surface area contributed by atoms with Crippen LogP contribution in [0, 0.1) is 21.7 Å². The van der Waals surface area contributed by atoms with Crippen LogP contribution in [-0.2, 0) is 0 Å². The summed E-state index contributed by atoms with van der Waals surface area (Å²) >= 11 is 12.5. The Balaban J connectivity index is 0.000000164. The van der Waals surface area contributed by atoms with Gasteiger partial charge in [-0.15, -0.1) is 0 Å². The summed E-state index contributed by atoms with van der Waals surface area (Å²) in [5.74, 6) is 0.454. The van der Waals surface area contributed by atoms with E-state index in [2.05, 4.69) is 31.0 Å². The lowest BCUT2D eigenvalue weighted by Crippen LogP contribution is -1.94. The quantitative estimate of drug-likeness (QED) is 0.0897. The molecule has 0 amide bonds. The molecule has 53 heavy (non-hydrogen) atoms. The van der Waals surface area contributed by atoms with Gasteiger partial charge in [0.25, 0.3) is 5.69 Å². The second-order valence-corrected chi connectivity index (χ2v) is 12.4. The summed E-state index contributed by atoms with van der Waals surface area (Å²) in [5, 5.41) is 32.0. The summed E-state index contributed by atoms with van der Waals surface area (Å²) in [6.07, 6.45) is 0. The minimum Gasteiger partial charge on any atom is -0.497 e. The Hall–Kier alpha value is -6.50. The molecule has 6 aromatic carbocycles. The van der Waals surface area contributed by atoms with Crippen molar-refractivity contribution in [2.45, 2.75) is 0 Å². The van der Waals surface area contributed by atoms with Crippen LogP contribution in [0.3, 0.4) is 0 Å². The summed E-state index contributed by atoms with van der Waals surface area (Å²) in [5.41, 5.74) is 4.38. The van der Waals surface area contributed by atoms with Gasteiger partial charge in [-0.25, -0.2) is 8.78 Å². The van der Waals surface area contributed by atoms with E-state index in [-0.39, 0.29) is 26.8 Å². The Morgan fingerprint density at radius 3 is 1.60 bits per heavy atom. The molecule has 2 heterocycles. The Morgan fingerprint density at radius 2 is 1.13 bits per heavy atom. The second kappa shape index (κ2) is 15.0. The first-order valence-electron chi connectivity index (χ1n) is 16.0. The van der Waals surface area contributed by atoms with Crippen LogP contribution in [-0.4, -0.2) is 32.4 Å². The fourth-order valence-corrected chi connectivity index (χ4v) is 6.22. The van der Waals surface area contributed by atoms with E-state index in [0.717, 1.165) is 16.8 Å². The number of aromatic nitrogens is 4. The standard InChI is InChI=1S/C20H15ClFN3O.C19H12ClFN4O2/c1-26-14-9-5-8-13(10-14)23-20-16-11-15(12-6-3-2-4-7-12)17(21)18(22)19(16)24-25-20;20-16-14(11-5-2-1-3-6-11)10-15-18(17(16)21)23-24-19(15)22-12-7-4-8-13(9-12)25(26)27/h2-11H,1H3,(H2,23,24,25);1-10H,(H2,22,23,24). The van der Waals surface area contributed by atoms with E-state index < -0.39 is 16.6 Å². The molecule has 8 aromatic rings. The number of nitro groups is 1. The Labute approximate surface area is 310 Å². The molecule has 0 aliphatic carbocycles. The minimum absolute atomic E-state index is 0.000695. The van der Waals surface area contributed by atoms with Gasteiger partial charge in [0.1, 0.15) is 16.8 Å². The second-order valence-electron chi connectivity index (χ2n) is 11.6. The smallest absolute Gasteiger partial charge is 0.271 e. The number of benzene rings is 6. The fraction of sp³-hybridized carbons (Fsp3) is 0.0256. The zero-order valence-electron chi connectivity index (χ0n) is 27.6. The van der Waals surface area contributed by atoms with Gasteiger partial charge in [-0.2, -0.15) is 10.2 Å². The molecule has 4 N–H and O–H groups in total. The monoisotopic (exact) mass is 749 g/mol. The maximum atomic E-state index is 14.8. The number of hydrogen-bond donors (Lipinski definition) is 4. The Kier molecular flexibility index (Phi) is 9.89. The van der Waals surface area contributed by atoms with Crippen LogP contribution >= 0.6 is 23.2 Å². The van der Waals surface area contributed by atoms with E-state index in [4.69, 9.17) is 27.9 Å². The predicted molar refractivity (Wildman–Crippen MR) is 206 cm³/mol. The van der Waals surface area contributed by atoms with Crippen LogP contribution < -0.4 is 15.4 Å². The third-order valence-electron chi connectivity index (χ3n) is 8.30. The summed E-state index contributed by atoms with van der Waals surface area (Å²) < 4.78 is 34.7. The molecule has 0 saturated carbocycles. The topological polar surface area (TPSA) is 134 Å². The highest BCUT2D eigenvalue weighted by molar-refractivity contribution is 6.35. The highest BCUT2D eigenvalue weighted by Crippen LogP contribution is 2.39. The van der Waals surface area contributed by atoms with Crippen LogP contribution in [0.15, 0.2) is 121 Å². The average molecular weight is 751 g/mol. The largest absolute Gasteiger partial charge is 0.497 e. The lowest BCUT2D eigenvalue weighted by molar-refractivity contribution is -0.384. The third-order valence-corrected chi connectivity index (χ3v) is 9.04. The summed E-state index contributed by atoms with van der Waals surface area (Å²) in [4.78, 5) is 10.5. The van der Waals surface area contributed by atoms with Gasteiger partial charge in [-0.1, -0.05) is 96.0 Å². The lowest BCUT2D eigenvalue weighted by atomic mass is 10.0. The first-order valence-corrected chi connectivity index (χ1v) is 16.7. The lowest BCUT2D eigenvalue weighted by Gasteiger charge is -2.09. The fourth-order valence-electron chi connectivity index (χ4n) is 5.71. The number of aromatic amines is 2. The summed E-state index contributed by atoms with van der Waals surface area (Å²) in [7, 11) is 1.60. The van der Waals surface area contributed by atoms with Gasteiger partial charge in [0.15, 0.2) is 23.3 Å². The highest BCUT2D eigenvalue weighted by Gasteiger charge is 2.20. The van der Waals surface area contributed by atoms with Crippen molar-refractivity contribution in [3.05, 3.63) is 153 Å². The molecule has 10 nitrogen and oxygen atoms in total. The van der Waals surface area contributed by atoms with Gasteiger partial charge in [0.2, 0.25) is 0 Å². The molecular weight excluding hydrogens is 723 g/mol. The number of fused-ring (bicyclic) bond motifs is 2. The van der Waals surface area contributed by atoms with E-state index in [1.165, 1.54) is 12.1 Å². The third kappa shape index (κ3) is 7.18. The van der Waals surface area contributed by atoms with Crippen molar-refractivity contribution in [1.82, 2.24) is 20.4 Å². The van der Waals surface area contributed by atoms with Gasteiger partial charge >= 0.3 is 0 Å². The number of H-pyrrole nitrogens is 2. The van der Waals surface area contributed by atoms with E-state index >= 15 is 0 Å². The number of hydrogen-bond acceptors (Lipinski definition) is 7. The maximum Gasteiger partial charge on any atom is 0.271 e. The van der Waals surface area contributed by atoms with Crippen LogP contribution in [0.25, 0.3) is 44.1 Å². The number of rotatable bonds is 8. The van der Waals surface area contributed by atoms with Crippen LogP contribution in [0.1, 0.15) is 0 Å². The molecule has 0 atom stereocenters. The van der Waals surface area contributed by atoms with E-state index in [9.17, 15) is 18.9 Å². The van der Waals surface area contributed by atoms with E-state index in [1.54, 1.807) is 25.3 Å². The molecule has 0 spiro atoms. The number of ether oxygens (including phenoxy) is 1. The Bertz CT molecular complexity index is 2600. The average Bonchev–Trinajstić information content (AvgIpc) is 3.79. The van der Waals surface area contributed by atoms with Crippen LogP contribution in [0.5, 0.6) is 5.75 Å². The molecule has 14 heteroatoms. The zero-order chi connectivity index (χ0) is 37.1. The highest BCUT2D eigenvalue weighted by atomic mass is 35.5. The van der Waals surface area contributed by atoms with Crippen molar-refractivity contribution in [2.75, 3.05) is 17.7 Å². The Morgan fingerprint density at radius 1 is 0.660 bits per heavy atom. The van der Waals surface area contributed by atoms with Crippen molar-refractivity contribution in [1.29, 1.82) is 0 Å². The molecule has 2 aromatic heterocycles. The number of nitrogens with zero attached hydrogens (tertiary/aromatic N) is 3. The van der Waals surface area contributed by atoms with Crippen LogP contribution in [0.2, 0.25) is 10.0 Å². The SMILES string of the molecule is COc1cccc(Nc2n[nH]c3c(F)c(Cl)c(-c4ccccc4)cc23)c1.O=[N+]([O-])c1cccc(Nc2n[nH]c3c(F)c(Cl)c(-c4ccccc4)cc23)c1. The number of methoxy groups -OCH3 is 1. The van der Waals surface area contributed by atoms with Gasteiger partial charge in [0.05, 0.1) is 22.1 Å². The van der Waals surface area contributed by atoms with E-state index in [1.807, 2.05) is 91.0 Å². The van der Waals surface area contributed by atoms with Gasteiger partial charge in [-0.05, 0) is 41.5 Å². The zero-order valence-corrected chi connectivity index (χ0v) is 29.1. The molecule has 0 bridgehead atoms. The van der Waals surface area contributed by atoms with Crippen molar-refractivity contribution >= 4 is 73.7 Å². The van der Waals surface area contributed by atoms with Gasteiger partial charge in [-0.3, -0.25) is 20.3 Å².